The highest BCUT2D eigenvalue weighted by Gasteiger charge is 2.27. The predicted molar refractivity (Wildman–Crippen MR) is 145 cm³/mol. The van der Waals surface area contributed by atoms with Crippen LogP contribution in [0, 0.1) is 19.8 Å². The van der Waals surface area contributed by atoms with Crippen LogP contribution in [0.1, 0.15) is 30.5 Å². The molecule has 0 fully saturated rings. The van der Waals surface area contributed by atoms with Crippen molar-refractivity contribution in [3.63, 3.8) is 0 Å². The Morgan fingerprint density at radius 2 is 1.56 bits per heavy atom. The number of rotatable bonds is 2. The molecule has 0 spiro atoms. The summed E-state index contributed by atoms with van der Waals surface area (Å²) in [6.45, 7) is 9.21. The smallest absolute Gasteiger partial charge is 0.224 e. The van der Waals surface area contributed by atoms with Crippen molar-refractivity contribution in [2.75, 3.05) is 0 Å². The molecule has 0 N–H and O–H groups in total. The van der Waals surface area contributed by atoms with Gasteiger partial charge in [-0.2, -0.15) is 0 Å². The third-order valence-corrected chi connectivity index (χ3v) is 7.81. The van der Waals surface area contributed by atoms with Crippen LogP contribution >= 0.6 is 0 Å². The van der Waals surface area contributed by atoms with E-state index in [4.69, 9.17) is 0 Å². The van der Waals surface area contributed by atoms with Gasteiger partial charge < -0.3 is 4.40 Å². The fourth-order valence-corrected chi connectivity index (χ4v) is 6.41. The van der Waals surface area contributed by atoms with E-state index in [1.165, 1.54) is 76.5 Å². The molecule has 0 bridgehead atoms. The quantitative estimate of drug-likeness (QED) is 0.147. The molecule has 166 valence electrons. The fraction of sp³-hybridized carbons (Fsp3) is 0.219. The van der Waals surface area contributed by atoms with Crippen LogP contribution in [0.5, 0.6) is 0 Å². The molecule has 0 saturated heterocycles. The van der Waals surface area contributed by atoms with Gasteiger partial charge in [-0.1, -0.05) is 62.4 Å². The molecule has 0 amide bonds. The summed E-state index contributed by atoms with van der Waals surface area (Å²) >= 11 is 0. The molecule has 3 aromatic heterocycles. The SMILES string of the molecule is Cc1ccc2c3ccc4cc[n+](C)c5c6c(C)c7ccccc7c(CC(C)C)c6n(c2c1)c3c45. The van der Waals surface area contributed by atoms with Gasteiger partial charge in [0.15, 0.2) is 6.20 Å². The van der Waals surface area contributed by atoms with Gasteiger partial charge in [0.25, 0.3) is 0 Å². The van der Waals surface area contributed by atoms with Crippen molar-refractivity contribution in [3.8, 4) is 0 Å². The third kappa shape index (κ3) is 2.38. The second-order valence-electron chi connectivity index (χ2n) is 10.5. The van der Waals surface area contributed by atoms with Crippen molar-refractivity contribution in [3.05, 3.63) is 83.6 Å². The first kappa shape index (κ1) is 19.8. The van der Waals surface area contributed by atoms with Crippen LogP contribution < -0.4 is 4.57 Å². The number of pyridine rings is 2. The Kier molecular flexibility index (Phi) is 3.90. The van der Waals surface area contributed by atoms with Gasteiger partial charge in [-0.3, -0.25) is 0 Å². The van der Waals surface area contributed by atoms with Crippen LogP contribution in [0.4, 0.5) is 0 Å². The predicted octanol–water partition coefficient (Wildman–Crippen LogP) is 7.78. The third-order valence-electron chi connectivity index (χ3n) is 7.81. The minimum atomic E-state index is 0.566. The Morgan fingerprint density at radius 1 is 0.794 bits per heavy atom. The average molecular weight is 442 g/mol. The van der Waals surface area contributed by atoms with Crippen molar-refractivity contribution in [1.29, 1.82) is 0 Å². The lowest BCUT2D eigenvalue weighted by Crippen LogP contribution is -2.29. The topological polar surface area (TPSA) is 8.29 Å². The largest absolute Gasteiger partial charge is 0.307 e. The van der Waals surface area contributed by atoms with E-state index in [1.54, 1.807) is 0 Å². The number of fused-ring (bicyclic) bond motifs is 7. The van der Waals surface area contributed by atoms with Crippen LogP contribution in [0.2, 0.25) is 0 Å². The maximum Gasteiger partial charge on any atom is 0.224 e. The Morgan fingerprint density at radius 3 is 2.35 bits per heavy atom. The minimum absolute atomic E-state index is 0.566. The lowest BCUT2D eigenvalue weighted by molar-refractivity contribution is -0.643. The highest BCUT2D eigenvalue weighted by atomic mass is 15.0. The second-order valence-corrected chi connectivity index (χ2v) is 10.5. The van der Waals surface area contributed by atoms with Gasteiger partial charge in [0.05, 0.1) is 27.3 Å². The van der Waals surface area contributed by atoms with E-state index in [0.29, 0.717) is 5.92 Å². The van der Waals surface area contributed by atoms with Crippen LogP contribution in [-0.4, -0.2) is 4.40 Å². The normalized spacial score (nSPS) is 12.6. The first-order valence-corrected chi connectivity index (χ1v) is 12.4. The summed E-state index contributed by atoms with van der Waals surface area (Å²) in [4.78, 5) is 0. The van der Waals surface area contributed by atoms with E-state index in [-0.39, 0.29) is 0 Å². The molecule has 0 aliphatic heterocycles. The van der Waals surface area contributed by atoms with E-state index >= 15 is 0 Å². The van der Waals surface area contributed by atoms with E-state index in [1.807, 2.05) is 0 Å². The molecule has 3 heterocycles. The Hall–Kier alpha value is -3.65. The fourth-order valence-electron chi connectivity index (χ4n) is 6.41. The molecule has 7 rings (SSSR count). The Bertz CT molecular complexity index is 1940. The zero-order valence-electron chi connectivity index (χ0n) is 20.5. The van der Waals surface area contributed by atoms with E-state index < -0.39 is 0 Å². The van der Waals surface area contributed by atoms with Gasteiger partial charge >= 0.3 is 0 Å². The summed E-state index contributed by atoms with van der Waals surface area (Å²) < 4.78 is 4.95. The van der Waals surface area contributed by atoms with Gasteiger partial charge in [0.2, 0.25) is 5.52 Å². The summed E-state index contributed by atoms with van der Waals surface area (Å²) in [6.07, 6.45) is 3.28. The van der Waals surface area contributed by atoms with Crippen LogP contribution in [0.15, 0.2) is 66.9 Å². The van der Waals surface area contributed by atoms with Crippen LogP contribution in [-0.2, 0) is 13.5 Å². The van der Waals surface area contributed by atoms with Crippen molar-refractivity contribution < 1.29 is 4.57 Å². The van der Waals surface area contributed by atoms with E-state index in [0.717, 1.165) is 6.42 Å². The lowest BCUT2D eigenvalue weighted by Gasteiger charge is -2.20. The summed E-state index contributed by atoms with van der Waals surface area (Å²) in [7, 11) is 2.20. The second kappa shape index (κ2) is 6.70. The Balaban J connectivity index is 1.96. The zero-order valence-corrected chi connectivity index (χ0v) is 20.5. The minimum Gasteiger partial charge on any atom is -0.307 e. The molecule has 0 aliphatic carbocycles. The number of aryl methyl sites for hydroxylation is 3. The molecule has 34 heavy (non-hydrogen) atoms. The molecule has 0 unspecified atom stereocenters. The highest BCUT2D eigenvalue weighted by molar-refractivity contribution is 6.28. The Labute approximate surface area is 199 Å². The van der Waals surface area contributed by atoms with Crippen LogP contribution in [0.3, 0.4) is 0 Å². The molecule has 7 aromatic rings. The monoisotopic (exact) mass is 441 g/mol. The highest BCUT2D eigenvalue weighted by Crippen LogP contribution is 2.44. The van der Waals surface area contributed by atoms with Crippen molar-refractivity contribution in [1.82, 2.24) is 4.40 Å². The maximum atomic E-state index is 2.61. The lowest BCUT2D eigenvalue weighted by atomic mass is 9.89. The number of aromatic nitrogens is 2. The summed E-state index contributed by atoms with van der Waals surface area (Å²) in [6, 6.07) is 22.9. The molecule has 0 aliphatic rings. The zero-order chi connectivity index (χ0) is 23.3. The number of hydrogen-bond donors (Lipinski definition) is 0. The number of hydrogen-bond acceptors (Lipinski definition) is 0. The molecular weight excluding hydrogens is 412 g/mol. The molecule has 0 atom stereocenters. The first-order valence-electron chi connectivity index (χ1n) is 12.4. The molecule has 0 radical (unpaired) electrons. The molecular formula is C32H29N2+. The first-order chi connectivity index (χ1) is 16.5. The summed E-state index contributed by atoms with van der Waals surface area (Å²) in [5.41, 5.74) is 9.56. The molecule has 2 nitrogen and oxygen atoms in total. The number of nitrogens with zero attached hydrogens (tertiary/aromatic N) is 2. The van der Waals surface area contributed by atoms with E-state index in [2.05, 4.69) is 111 Å². The van der Waals surface area contributed by atoms with Gasteiger partial charge in [0, 0.05) is 16.8 Å². The summed E-state index contributed by atoms with van der Waals surface area (Å²) in [5, 5.41) is 9.53. The summed E-state index contributed by atoms with van der Waals surface area (Å²) in [5.74, 6) is 0.566. The van der Waals surface area contributed by atoms with Crippen molar-refractivity contribution in [2.24, 2.45) is 13.0 Å². The maximum absolute atomic E-state index is 2.61. The molecule has 0 saturated carbocycles. The van der Waals surface area contributed by atoms with Gasteiger partial charge in [-0.15, -0.1) is 0 Å². The number of benzene rings is 4. The van der Waals surface area contributed by atoms with E-state index in [9.17, 15) is 0 Å². The van der Waals surface area contributed by atoms with Crippen LogP contribution in [0.25, 0.3) is 59.8 Å². The van der Waals surface area contributed by atoms with Gasteiger partial charge in [0.1, 0.15) is 7.05 Å². The average Bonchev–Trinajstić information content (AvgIpc) is 3.15. The van der Waals surface area contributed by atoms with Gasteiger partial charge in [-0.05, 0) is 65.1 Å². The van der Waals surface area contributed by atoms with Crippen molar-refractivity contribution >= 4 is 59.8 Å². The van der Waals surface area contributed by atoms with Crippen molar-refractivity contribution in [2.45, 2.75) is 34.1 Å². The van der Waals surface area contributed by atoms with Gasteiger partial charge in [-0.25, -0.2) is 4.57 Å². The molecule has 4 aromatic carbocycles. The molecule has 2 heteroatoms. The standard InChI is InChI=1S/C32H29N2/c1-18(2)16-26-23-9-7-6-8-22(23)20(4)28-31(26)34-27-17-19(3)10-12-24(27)25-13-11-21-14-15-33(5)32(28)29(21)30(25)34/h6-15,17-18H,16H2,1-5H3/q+1.